The molecule has 0 radical (unpaired) electrons. The maximum Gasteiger partial charge on any atom is 0.410 e. The van der Waals surface area contributed by atoms with Gasteiger partial charge in [-0.3, -0.25) is 9.78 Å². The molecule has 0 spiro atoms. The van der Waals surface area contributed by atoms with E-state index in [2.05, 4.69) is 4.98 Å². The zero-order chi connectivity index (χ0) is 13.0. The molecule has 6 heteroatoms. The van der Waals surface area contributed by atoms with Crippen LogP contribution in [0.5, 0.6) is 5.75 Å². The molecule has 0 bridgehead atoms. The van der Waals surface area contributed by atoms with Crippen LogP contribution in [0.25, 0.3) is 0 Å². The van der Waals surface area contributed by atoms with Crippen molar-refractivity contribution in [3.05, 3.63) is 23.5 Å². The van der Waals surface area contributed by atoms with Crippen LogP contribution < -0.4 is 4.74 Å². The highest BCUT2D eigenvalue weighted by molar-refractivity contribution is 5.79. The molecule has 1 aromatic rings. The molecular weight excluding hydrogens is 236 g/mol. The van der Waals surface area contributed by atoms with Crippen molar-refractivity contribution in [1.82, 2.24) is 9.88 Å². The van der Waals surface area contributed by atoms with Gasteiger partial charge in [-0.1, -0.05) is 0 Å². The number of aldehydes is 1. The van der Waals surface area contributed by atoms with Crippen LogP contribution in [-0.2, 0) is 11.3 Å². The Bertz CT molecular complexity index is 461. The molecule has 0 N–H and O–H groups in total. The number of carbonyl (C=O) groups is 2. The summed E-state index contributed by atoms with van der Waals surface area (Å²) in [5.74, 6) is 0.506. The highest BCUT2D eigenvalue weighted by Gasteiger charge is 2.22. The molecule has 0 aliphatic carbocycles. The summed E-state index contributed by atoms with van der Waals surface area (Å²) in [4.78, 5) is 28.1. The molecule has 96 valence electrons. The number of aromatic nitrogens is 1. The average molecular weight is 250 g/mol. The fourth-order valence-electron chi connectivity index (χ4n) is 1.80. The zero-order valence-electron chi connectivity index (χ0n) is 10.1. The Morgan fingerprint density at radius 1 is 1.61 bits per heavy atom. The molecule has 0 saturated heterocycles. The number of rotatable bonds is 2. The quantitative estimate of drug-likeness (QED) is 0.739. The Morgan fingerprint density at radius 2 is 2.44 bits per heavy atom. The highest BCUT2D eigenvalue weighted by atomic mass is 16.6. The SMILES string of the molecule is CCOC(=O)N1CCOc2c(C=O)cncc2C1. The van der Waals surface area contributed by atoms with E-state index in [-0.39, 0.29) is 6.09 Å². The summed E-state index contributed by atoms with van der Waals surface area (Å²) in [6.07, 6.45) is 3.36. The van der Waals surface area contributed by atoms with Gasteiger partial charge in [-0.05, 0) is 6.92 Å². The van der Waals surface area contributed by atoms with Crippen LogP contribution in [-0.4, -0.2) is 42.0 Å². The first-order chi connectivity index (χ1) is 8.76. The largest absolute Gasteiger partial charge is 0.491 e. The third-order valence-electron chi connectivity index (χ3n) is 2.62. The van der Waals surface area contributed by atoms with Gasteiger partial charge in [-0.25, -0.2) is 4.79 Å². The molecule has 6 nitrogen and oxygen atoms in total. The minimum absolute atomic E-state index is 0.329. The molecule has 1 aliphatic heterocycles. The lowest BCUT2D eigenvalue weighted by Crippen LogP contribution is -2.32. The molecule has 2 rings (SSSR count). The van der Waals surface area contributed by atoms with Crippen LogP contribution in [0.1, 0.15) is 22.8 Å². The Morgan fingerprint density at radius 3 is 3.17 bits per heavy atom. The van der Waals surface area contributed by atoms with E-state index in [9.17, 15) is 9.59 Å². The van der Waals surface area contributed by atoms with Gasteiger partial charge in [0.2, 0.25) is 0 Å². The van der Waals surface area contributed by atoms with Crippen LogP contribution >= 0.6 is 0 Å². The fraction of sp³-hybridized carbons (Fsp3) is 0.417. The van der Waals surface area contributed by atoms with Crippen molar-refractivity contribution in [1.29, 1.82) is 0 Å². The number of hydrogen-bond acceptors (Lipinski definition) is 5. The minimum Gasteiger partial charge on any atom is -0.491 e. The predicted molar refractivity (Wildman–Crippen MR) is 62.6 cm³/mol. The van der Waals surface area contributed by atoms with Gasteiger partial charge in [0.1, 0.15) is 12.4 Å². The second kappa shape index (κ2) is 5.48. The van der Waals surface area contributed by atoms with Gasteiger partial charge in [0.25, 0.3) is 0 Å². The van der Waals surface area contributed by atoms with Gasteiger partial charge < -0.3 is 14.4 Å². The Labute approximate surface area is 105 Å². The lowest BCUT2D eigenvalue weighted by molar-refractivity contribution is 0.101. The van der Waals surface area contributed by atoms with Gasteiger partial charge in [-0.15, -0.1) is 0 Å². The van der Waals surface area contributed by atoms with Crippen molar-refractivity contribution >= 4 is 12.4 Å². The number of nitrogens with zero attached hydrogens (tertiary/aromatic N) is 2. The van der Waals surface area contributed by atoms with E-state index in [0.29, 0.717) is 49.5 Å². The number of amides is 1. The first-order valence-corrected chi connectivity index (χ1v) is 5.72. The van der Waals surface area contributed by atoms with Crippen molar-refractivity contribution in [2.75, 3.05) is 19.8 Å². The monoisotopic (exact) mass is 250 g/mol. The summed E-state index contributed by atoms with van der Waals surface area (Å²) in [6, 6.07) is 0. The van der Waals surface area contributed by atoms with Crippen LogP contribution in [0.4, 0.5) is 4.79 Å². The number of hydrogen-bond donors (Lipinski definition) is 0. The van der Waals surface area contributed by atoms with Gasteiger partial charge in [0.15, 0.2) is 6.29 Å². The summed E-state index contributed by atoms with van der Waals surface area (Å²) >= 11 is 0. The molecule has 1 amide bonds. The number of pyridine rings is 1. The van der Waals surface area contributed by atoms with Crippen LogP contribution in [0.2, 0.25) is 0 Å². The third kappa shape index (κ3) is 2.42. The topological polar surface area (TPSA) is 68.7 Å². The van der Waals surface area contributed by atoms with Crippen LogP contribution in [0.3, 0.4) is 0 Å². The molecule has 0 aromatic carbocycles. The molecule has 2 heterocycles. The van der Waals surface area contributed by atoms with Crippen LogP contribution in [0.15, 0.2) is 12.4 Å². The minimum atomic E-state index is -0.384. The van der Waals surface area contributed by atoms with Crippen molar-refractivity contribution in [2.45, 2.75) is 13.5 Å². The summed E-state index contributed by atoms with van der Waals surface area (Å²) in [5.41, 5.74) is 1.11. The summed E-state index contributed by atoms with van der Waals surface area (Å²) in [6.45, 7) is 3.17. The fourth-order valence-corrected chi connectivity index (χ4v) is 1.80. The predicted octanol–water partition coefficient (Wildman–Crippen LogP) is 1.24. The van der Waals surface area contributed by atoms with E-state index in [0.717, 1.165) is 0 Å². The van der Waals surface area contributed by atoms with Gasteiger partial charge >= 0.3 is 6.09 Å². The molecular formula is C12H14N2O4. The Hall–Kier alpha value is -2.11. The number of carbonyl (C=O) groups excluding carboxylic acids is 2. The molecule has 0 atom stereocenters. The van der Waals surface area contributed by atoms with Crippen molar-refractivity contribution in [2.24, 2.45) is 0 Å². The lowest BCUT2D eigenvalue weighted by atomic mass is 10.2. The molecule has 0 unspecified atom stereocenters. The number of ether oxygens (including phenoxy) is 2. The van der Waals surface area contributed by atoms with E-state index < -0.39 is 0 Å². The van der Waals surface area contributed by atoms with Crippen molar-refractivity contribution in [3.8, 4) is 5.75 Å². The van der Waals surface area contributed by atoms with E-state index in [4.69, 9.17) is 9.47 Å². The maximum absolute atomic E-state index is 11.7. The smallest absolute Gasteiger partial charge is 0.410 e. The van der Waals surface area contributed by atoms with Gasteiger partial charge in [-0.2, -0.15) is 0 Å². The van der Waals surface area contributed by atoms with E-state index in [1.54, 1.807) is 13.1 Å². The molecule has 1 aromatic heterocycles. The molecule has 0 fully saturated rings. The third-order valence-corrected chi connectivity index (χ3v) is 2.62. The van der Waals surface area contributed by atoms with E-state index >= 15 is 0 Å². The standard InChI is InChI=1S/C12H14N2O4/c1-2-17-12(16)14-3-4-18-11-9(7-14)5-13-6-10(11)8-15/h5-6,8H,2-4,7H2,1H3. The summed E-state index contributed by atoms with van der Waals surface area (Å²) in [7, 11) is 0. The van der Waals surface area contributed by atoms with E-state index in [1.165, 1.54) is 11.1 Å². The molecule has 18 heavy (non-hydrogen) atoms. The Balaban J connectivity index is 2.24. The first kappa shape index (κ1) is 12.3. The van der Waals surface area contributed by atoms with Crippen LogP contribution in [0, 0.1) is 0 Å². The summed E-state index contributed by atoms with van der Waals surface area (Å²) in [5, 5.41) is 0. The Kier molecular flexibility index (Phi) is 3.76. The van der Waals surface area contributed by atoms with Gasteiger partial charge in [0.05, 0.1) is 25.3 Å². The highest BCUT2D eigenvalue weighted by Crippen LogP contribution is 2.25. The second-order valence-corrected chi connectivity index (χ2v) is 3.80. The average Bonchev–Trinajstić information content (AvgIpc) is 2.60. The zero-order valence-corrected chi connectivity index (χ0v) is 10.1. The molecule has 0 saturated carbocycles. The van der Waals surface area contributed by atoms with Crippen molar-refractivity contribution < 1.29 is 19.1 Å². The lowest BCUT2D eigenvalue weighted by Gasteiger charge is -2.18. The first-order valence-electron chi connectivity index (χ1n) is 5.72. The van der Waals surface area contributed by atoms with Crippen molar-refractivity contribution in [3.63, 3.8) is 0 Å². The molecule has 1 aliphatic rings. The van der Waals surface area contributed by atoms with Gasteiger partial charge in [0, 0.05) is 18.0 Å². The summed E-state index contributed by atoms with van der Waals surface area (Å²) < 4.78 is 10.5. The maximum atomic E-state index is 11.7. The normalized spacial score (nSPS) is 14.2. The number of fused-ring (bicyclic) bond motifs is 1. The second-order valence-electron chi connectivity index (χ2n) is 3.80. The van der Waals surface area contributed by atoms with E-state index in [1.807, 2.05) is 0 Å².